The first-order chi connectivity index (χ1) is 11.2. The molecule has 2 bridgehead atoms. The number of hydrogen-bond donors (Lipinski definition) is 1. The molecule has 0 spiro atoms. The molecule has 0 fully saturated rings. The van der Waals surface area contributed by atoms with Crippen LogP contribution in [-0.2, 0) is 12.8 Å². The summed E-state index contributed by atoms with van der Waals surface area (Å²) >= 11 is 6.80. The summed E-state index contributed by atoms with van der Waals surface area (Å²) in [7, 11) is 0. The van der Waals surface area contributed by atoms with Crippen LogP contribution in [0.1, 0.15) is 67.5 Å². The second kappa shape index (κ2) is 7.67. The average Bonchev–Trinajstić information content (AvgIpc) is 2.93. The van der Waals surface area contributed by atoms with Gasteiger partial charge in [0, 0.05) is 0 Å². The lowest BCUT2D eigenvalue weighted by atomic mass is 9.96. The first-order valence-electron chi connectivity index (χ1n) is 8.76. The monoisotopic (exact) mass is 348 g/mol. The van der Waals surface area contributed by atoms with Gasteiger partial charge in [-0.1, -0.05) is 32.1 Å². The fourth-order valence-electron chi connectivity index (χ4n) is 3.58. The second-order valence-corrected chi connectivity index (χ2v) is 8.22. The van der Waals surface area contributed by atoms with Crippen LogP contribution < -0.4 is 4.57 Å². The van der Waals surface area contributed by atoms with Gasteiger partial charge in [-0.15, -0.1) is 0 Å². The molecule has 0 aromatic carbocycles. The number of H-pyrrole nitrogens is 1. The van der Waals surface area contributed by atoms with E-state index in [2.05, 4.69) is 34.7 Å². The van der Waals surface area contributed by atoms with Crippen molar-refractivity contribution in [2.75, 3.05) is 0 Å². The zero-order valence-corrected chi connectivity index (χ0v) is 15.8. The molecule has 5 heteroatoms. The third-order valence-electron chi connectivity index (χ3n) is 4.96. The Morgan fingerprint density at radius 1 is 0.957 bits per heavy atom. The number of pyridine rings is 1. The molecule has 0 radical (unpaired) electrons. The molecule has 0 amide bonds. The number of aryl methyl sites for hydroxylation is 2. The summed E-state index contributed by atoms with van der Waals surface area (Å²) < 4.78 is 3.06. The van der Waals surface area contributed by atoms with E-state index < -0.39 is 0 Å². The zero-order chi connectivity index (χ0) is 16.2. The van der Waals surface area contributed by atoms with Crippen LogP contribution in [0.2, 0.25) is 0 Å². The van der Waals surface area contributed by atoms with E-state index in [1.165, 1.54) is 80.3 Å². The number of fused-ring (bicyclic) bond motifs is 2. The molecule has 0 saturated heterocycles. The molecule has 0 unspecified atom stereocenters. The Bertz CT molecular complexity index is 696. The van der Waals surface area contributed by atoms with Gasteiger partial charge in [-0.3, -0.25) is 0 Å². The van der Waals surface area contributed by atoms with Gasteiger partial charge in [0.2, 0.25) is 3.95 Å². The molecule has 1 aliphatic rings. The Morgan fingerprint density at radius 3 is 1.96 bits per heavy atom. The van der Waals surface area contributed by atoms with Crippen molar-refractivity contribution in [3.63, 3.8) is 0 Å². The lowest BCUT2D eigenvalue weighted by molar-refractivity contribution is -0.610. The summed E-state index contributed by atoms with van der Waals surface area (Å²) in [5, 5.41) is 8.33. The Hall–Kier alpha value is -1.07. The minimum Gasteiger partial charge on any atom is -0.186 e. The predicted octanol–water partition coefficient (Wildman–Crippen LogP) is 4.92. The van der Waals surface area contributed by atoms with Crippen molar-refractivity contribution in [2.45, 2.75) is 71.6 Å². The van der Waals surface area contributed by atoms with E-state index in [-0.39, 0.29) is 0 Å². The minimum atomic E-state index is 0.743. The maximum Gasteiger partial charge on any atom is 0.413 e. The van der Waals surface area contributed by atoms with Crippen molar-refractivity contribution in [2.24, 2.45) is 0 Å². The Labute approximate surface area is 147 Å². The number of aromatic nitrogens is 3. The summed E-state index contributed by atoms with van der Waals surface area (Å²) in [6, 6.07) is 2.45. The van der Waals surface area contributed by atoms with Crippen LogP contribution in [0.4, 0.5) is 0 Å². The van der Waals surface area contributed by atoms with Crippen LogP contribution in [0.15, 0.2) is 6.07 Å². The van der Waals surface area contributed by atoms with E-state index in [0.29, 0.717) is 0 Å². The highest BCUT2D eigenvalue weighted by Crippen LogP contribution is 2.21. The third-order valence-corrected chi connectivity index (χ3v) is 6.03. The van der Waals surface area contributed by atoms with Crippen molar-refractivity contribution in [1.29, 1.82) is 0 Å². The zero-order valence-electron chi connectivity index (χ0n) is 14.2. The fraction of sp³-hybridized carbons (Fsp3) is 0.611. The van der Waals surface area contributed by atoms with E-state index in [4.69, 9.17) is 12.2 Å². The Balaban J connectivity index is 2.06. The highest BCUT2D eigenvalue weighted by atomic mass is 32.1. The molecule has 3 nitrogen and oxygen atoms in total. The maximum absolute atomic E-state index is 5.24. The molecular weight excluding hydrogens is 322 g/mol. The molecule has 1 N–H and O–H groups in total. The number of rotatable bonds is 1. The van der Waals surface area contributed by atoms with Crippen molar-refractivity contribution in [1.82, 2.24) is 10.2 Å². The van der Waals surface area contributed by atoms with Gasteiger partial charge >= 0.3 is 5.13 Å². The molecule has 0 atom stereocenters. The minimum absolute atomic E-state index is 0.743. The van der Waals surface area contributed by atoms with E-state index in [1.807, 2.05) is 0 Å². The molecule has 0 saturated carbocycles. The van der Waals surface area contributed by atoms with E-state index in [0.717, 1.165) is 9.09 Å². The van der Waals surface area contributed by atoms with Gasteiger partial charge in [0.15, 0.2) is 0 Å². The molecule has 3 rings (SSSR count). The average molecular weight is 349 g/mol. The largest absolute Gasteiger partial charge is 0.413 e. The third kappa shape index (κ3) is 3.89. The van der Waals surface area contributed by atoms with Gasteiger partial charge in [0.25, 0.3) is 0 Å². The summed E-state index contributed by atoms with van der Waals surface area (Å²) in [6.07, 6.45) is 11.8. The summed E-state index contributed by atoms with van der Waals surface area (Å²) in [4.78, 5) is 0. The molecule has 2 aromatic rings. The lowest BCUT2D eigenvalue weighted by Gasteiger charge is -2.15. The molecular formula is C18H26N3S2+. The van der Waals surface area contributed by atoms with E-state index in [1.54, 1.807) is 11.3 Å². The van der Waals surface area contributed by atoms with Crippen molar-refractivity contribution in [3.05, 3.63) is 32.5 Å². The van der Waals surface area contributed by atoms with Gasteiger partial charge in [0.1, 0.15) is 11.4 Å². The topological polar surface area (TPSA) is 32.6 Å². The van der Waals surface area contributed by atoms with Crippen LogP contribution in [0.3, 0.4) is 0 Å². The Morgan fingerprint density at radius 2 is 1.48 bits per heavy atom. The first kappa shape index (κ1) is 16.8. The van der Waals surface area contributed by atoms with Gasteiger partial charge in [0.05, 0.1) is 5.10 Å². The SMILES string of the molecule is Cc1c2cc(c(C)[n+]1-c1n[nH]c(=S)s1)CCCCCCCCC2. The highest BCUT2D eigenvalue weighted by molar-refractivity contribution is 7.73. The maximum atomic E-state index is 5.24. The number of nitrogens with zero attached hydrogens (tertiary/aromatic N) is 2. The van der Waals surface area contributed by atoms with Crippen molar-refractivity contribution in [3.8, 4) is 5.13 Å². The second-order valence-electron chi connectivity index (χ2n) is 6.57. The number of nitrogens with one attached hydrogen (secondary N) is 1. The van der Waals surface area contributed by atoms with Crippen LogP contribution in [0, 0.1) is 17.8 Å². The van der Waals surface area contributed by atoms with Gasteiger partial charge in [-0.2, -0.15) is 9.67 Å². The van der Waals surface area contributed by atoms with E-state index in [9.17, 15) is 0 Å². The van der Waals surface area contributed by atoms with Crippen LogP contribution in [0.25, 0.3) is 5.13 Å². The van der Waals surface area contributed by atoms with Crippen LogP contribution >= 0.6 is 23.6 Å². The summed E-state index contributed by atoms with van der Waals surface area (Å²) in [6.45, 7) is 4.45. The van der Waals surface area contributed by atoms with Gasteiger partial charge in [-0.25, -0.2) is 0 Å². The quantitative estimate of drug-likeness (QED) is 0.586. The van der Waals surface area contributed by atoms with Gasteiger partial charge in [-0.05, 0) is 80.3 Å². The normalized spacial score (nSPS) is 16.6. The summed E-state index contributed by atoms with van der Waals surface area (Å²) in [5.41, 5.74) is 5.60. The van der Waals surface area contributed by atoms with E-state index >= 15 is 0 Å². The molecule has 23 heavy (non-hydrogen) atoms. The highest BCUT2D eigenvalue weighted by Gasteiger charge is 2.22. The first-order valence-corrected chi connectivity index (χ1v) is 9.99. The predicted molar refractivity (Wildman–Crippen MR) is 98.0 cm³/mol. The smallest absolute Gasteiger partial charge is 0.186 e. The number of aromatic amines is 1. The van der Waals surface area contributed by atoms with Gasteiger partial charge < -0.3 is 0 Å². The van der Waals surface area contributed by atoms with Crippen LogP contribution in [-0.4, -0.2) is 10.2 Å². The number of hydrogen-bond acceptors (Lipinski definition) is 3. The van der Waals surface area contributed by atoms with Crippen molar-refractivity contribution < 1.29 is 4.57 Å². The molecule has 2 aromatic heterocycles. The molecule has 124 valence electrons. The standard InChI is InChI=1S/C18H25N3S2/c1-13-15-10-8-6-4-3-5-7-9-11-16(12-15)14(2)21(13)17-19-20-18(22)23-17/h12H,3-11H2,1-2H3/p+1. The lowest BCUT2D eigenvalue weighted by Crippen LogP contribution is -2.40. The molecule has 0 aliphatic heterocycles. The Kier molecular flexibility index (Phi) is 5.59. The van der Waals surface area contributed by atoms with Crippen LogP contribution in [0.5, 0.6) is 0 Å². The summed E-state index contributed by atoms with van der Waals surface area (Å²) in [5.74, 6) is 0. The molecule has 1 aliphatic carbocycles. The van der Waals surface area contributed by atoms with Crippen molar-refractivity contribution >= 4 is 23.6 Å². The fourth-order valence-corrected chi connectivity index (χ4v) is 4.57. The molecule has 2 heterocycles.